The maximum absolute atomic E-state index is 12.5. The first-order valence-corrected chi connectivity index (χ1v) is 6.74. The normalized spacial score (nSPS) is 23.2. The van der Waals surface area contributed by atoms with Crippen molar-refractivity contribution in [3.05, 3.63) is 29.8 Å². The van der Waals surface area contributed by atoms with Gasteiger partial charge in [-0.1, -0.05) is 6.07 Å². The van der Waals surface area contributed by atoms with Crippen LogP contribution >= 0.6 is 0 Å². The highest BCUT2D eigenvalue weighted by Gasteiger charge is 2.40. The molecule has 1 aliphatic carbocycles. The van der Waals surface area contributed by atoms with Crippen molar-refractivity contribution in [2.45, 2.75) is 31.7 Å². The van der Waals surface area contributed by atoms with Gasteiger partial charge in [0.05, 0.1) is 7.11 Å². The van der Waals surface area contributed by atoms with E-state index in [1.54, 1.807) is 7.11 Å². The molecule has 3 rings (SSSR count). The van der Waals surface area contributed by atoms with Crippen molar-refractivity contribution >= 4 is 5.91 Å². The second-order valence-electron chi connectivity index (χ2n) is 5.28. The van der Waals surface area contributed by atoms with Crippen molar-refractivity contribution in [3.63, 3.8) is 0 Å². The van der Waals surface area contributed by atoms with Crippen LogP contribution in [0.3, 0.4) is 0 Å². The number of benzene rings is 1. The predicted molar refractivity (Wildman–Crippen MR) is 69.8 cm³/mol. The number of hydrogen-bond acceptors (Lipinski definition) is 2. The number of nitrogens with zero attached hydrogens (tertiary/aromatic N) is 1. The maximum atomic E-state index is 12.5. The van der Waals surface area contributed by atoms with Crippen LogP contribution < -0.4 is 4.74 Å². The predicted octanol–water partition coefficient (Wildman–Crippen LogP) is 2.71. The Kier molecular flexibility index (Phi) is 2.98. The number of likely N-dealkylation sites (tertiary alicyclic amines) is 1. The summed E-state index contributed by atoms with van der Waals surface area (Å²) in [4.78, 5) is 14.6. The number of carbonyl (C=O) groups is 1. The van der Waals surface area contributed by atoms with Crippen molar-refractivity contribution < 1.29 is 9.53 Å². The van der Waals surface area contributed by atoms with Crippen LogP contribution in [0.4, 0.5) is 0 Å². The number of amides is 1. The zero-order chi connectivity index (χ0) is 12.5. The molecule has 3 nitrogen and oxygen atoms in total. The van der Waals surface area contributed by atoms with E-state index >= 15 is 0 Å². The Morgan fingerprint density at radius 2 is 2.17 bits per heavy atom. The Balaban J connectivity index is 1.80. The molecular formula is C15H19NO2. The summed E-state index contributed by atoms with van der Waals surface area (Å²) in [5.74, 6) is 1.69. The molecule has 1 aromatic rings. The Hall–Kier alpha value is -1.51. The zero-order valence-corrected chi connectivity index (χ0v) is 10.8. The number of rotatable bonds is 3. The van der Waals surface area contributed by atoms with Crippen LogP contribution in [-0.2, 0) is 0 Å². The lowest BCUT2D eigenvalue weighted by molar-refractivity contribution is 0.0720. The Bertz CT molecular complexity index is 454. The van der Waals surface area contributed by atoms with Crippen molar-refractivity contribution in [2.24, 2.45) is 5.92 Å². The van der Waals surface area contributed by atoms with Crippen molar-refractivity contribution in [1.82, 2.24) is 4.90 Å². The molecule has 1 amide bonds. The van der Waals surface area contributed by atoms with E-state index < -0.39 is 0 Å². The SMILES string of the molecule is COc1cccc(C(=O)N2CCCC2C2CC2)c1. The number of hydrogen-bond donors (Lipinski definition) is 0. The lowest BCUT2D eigenvalue weighted by Crippen LogP contribution is -2.36. The molecule has 1 aliphatic heterocycles. The van der Waals surface area contributed by atoms with Crippen molar-refractivity contribution in [2.75, 3.05) is 13.7 Å². The van der Waals surface area contributed by atoms with Gasteiger partial charge in [-0.3, -0.25) is 4.79 Å². The molecule has 0 aromatic heterocycles. The summed E-state index contributed by atoms with van der Waals surface area (Å²) in [6.07, 6.45) is 4.93. The molecule has 1 saturated carbocycles. The van der Waals surface area contributed by atoms with Crippen molar-refractivity contribution in [1.29, 1.82) is 0 Å². The third-order valence-electron chi connectivity index (χ3n) is 4.04. The zero-order valence-electron chi connectivity index (χ0n) is 10.8. The average Bonchev–Trinajstić information content (AvgIpc) is 3.15. The first-order valence-electron chi connectivity index (χ1n) is 6.74. The molecule has 1 heterocycles. The second kappa shape index (κ2) is 4.63. The summed E-state index contributed by atoms with van der Waals surface area (Å²) in [6, 6.07) is 7.97. The van der Waals surface area contributed by atoms with Gasteiger partial charge in [-0.25, -0.2) is 0 Å². The fourth-order valence-corrected chi connectivity index (χ4v) is 2.94. The fraction of sp³-hybridized carbons (Fsp3) is 0.533. The molecule has 0 spiro atoms. The summed E-state index contributed by atoms with van der Waals surface area (Å²) in [7, 11) is 1.63. The van der Waals surface area contributed by atoms with Crippen LogP contribution in [0, 0.1) is 5.92 Å². The summed E-state index contributed by atoms with van der Waals surface area (Å²) in [6.45, 7) is 0.914. The quantitative estimate of drug-likeness (QED) is 0.819. The summed E-state index contributed by atoms with van der Waals surface area (Å²) < 4.78 is 5.18. The van der Waals surface area contributed by atoms with Gasteiger partial charge in [0, 0.05) is 18.2 Å². The van der Waals surface area contributed by atoms with Crippen LogP contribution in [0.15, 0.2) is 24.3 Å². The van der Waals surface area contributed by atoms with Gasteiger partial charge in [0.15, 0.2) is 0 Å². The minimum Gasteiger partial charge on any atom is -0.497 e. The van der Waals surface area contributed by atoms with Gasteiger partial charge in [-0.15, -0.1) is 0 Å². The molecular weight excluding hydrogens is 226 g/mol. The highest BCUT2D eigenvalue weighted by Crippen LogP contribution is 2.40. The highest BCUT2D eigenvalue weighted by atomic mass is 16.5. The molecule has 0 radical (unpaired) electrons. The minimum absolute atomic E-state index is 0.170. The highest BCUT2D eigenvalue weighted by molar-refractivity contribution is 5.95. The number of methoxy groups -OCH3 is 1. The van der Waals surface area contributed by atoms with E-state index in [-0.39, 0.29) is 5.91 Å². The molecule has 18 heavy (non-hydrogen) atoms. The molecule has 1 saturated heterocycles. The van der Waals surface area contributed by atoms with Gasteiger partial charge >= 0.3 is 0 Å². The molecule has 3 heteroatoms. The molecule has 0 N–H and O–H groups in total. The summed E-state index contributed by atoms with van der Waals surface area (Å²) >= 11 is 0. The molecule has 0 bridgehead atoms. The van der Waals surface area contributed by atoms with Crippen LogP contribution in [0.5, 0.6) is 5.75 Å². The number of ether oxygens (including phenoxy) is 1. The smallest absolute Gasteiger partial charge is 0.254 e. The lowest BCUT2D eigenvalue weighted by Gasteiger charge is -2.24. The van der Waals surface area contributed by atoms with E-state index in [0.29, 0.717) is 6.04 Å². The lowest BCUT2D eigenvalue weighted by atomic mass is 10.1. The van der Waals surface area contributed by atoms with E-state index in [4.69, 9.17) is 4.74 Å². The fourth-order valence-electron chi connectivity index (χ4n) is 2.94. The van der Waals surface area contributed by atoms with Crippen LogP contribution in [0.1, 0.15) is 36.0 Å². The topological polar surface area (TPSA) is 29.5 Å². The minimum atomic E-state index is 0.170. The molecule has 2 fully saturated rings. The first-order chi connectivity index (χ1) is 8.79. The molecule has 96 valence electrons. The average molecular weight is 245 g/mol. The third kappa shape index (κ3) is 2.09. The van der Waals surface area contributed by atoms with Crippen molar-refractivity contribution in [3.8, 4) is 5.75 Å². The van der Waals surface area contributed by atoms with Gasteiger partial charge in [-0.05, 0) is 49.8 Å². The summed E-state index contributed by atoms with van der Waals surface area (Å²) in [5, 5.41) is 0. The van der Waals surface area contributed by atoms with Crippen LogP contribution in [0.2, 0.25) is 0 Å². The maximum Gasteiger partial charge on any atom is 0.254 e. The van der Waals surface area contributed by atoms with E-state index in [1.165, 1.54) is 19.3 Å². The Morgan fingerprint density at radius 3 is 2.89 bits per heavy atom. The van der Waals surface area contributed by atoms with E-state index in [0.717, 1.165) is 30.2 Å². The Morgan fingerprint density at radius 1 is 1.33 bits per heavy atom. The standard InChI is InChI=1S/C15H19NO2/c1-18-13-5-2-4-12(10-13)15(17)16-9-3-6-14(16)11-7-8-11/h2,4-5,10-11,14H,3,6-9H2,1H3. The molecule has 1 atom stereocenters. The van der Waals surface area contributed by atoms with E-state index in [9.17, 15) is 4.79 Å². The van der Waals surface area contributed by atoms with Gasteiger partial charge < -0.3 is 9.64 Å². The van der Waals surface area contributed by atoms with Gasteiger partial charge in [0.1, 0.15) is 5.75 Å². The third-order valence-corrected chi connectivity index (χ3v) is 4.04. The molecule has 1 aromatic carbocycles. The first kappa shape index (κ1) is 11.6. The van der Waals surface area contributed by atoms with Gasteiger partial charge in [-0.2, -0.15) is 0 Å². The van der Waals surface area contributed by atoms with Gasteiger partial charge in [0.2, 0.25) is 0 Å². The number of carbonyl (C=O) groups excluding carboxylic acids is 1. The summed E-state index contributed by atoms with van der Waals surface area (Å²) in [5.41, 5.74) is 0.752. The molecule has 1 unspecified atom stereocenters. The Labute approximate surface area is 108 Å². The second-order valence-corrected chi connectivity index (χ2v) is 5.28. The monoisotopic (exact) mass is 245 g/mol. The largest absolute Gasteiger partial charge is 0.497 e. The van der Waals surface area contributed by atoms with Crippen LogP contribution in [0.25, 0.3) is 0 Å². The molecule has 2 aliphatic rings. The van der Waals surface area contributed by atoms with E-state index in [2.05, 4.69) is 4.90 Å². The van der Waals surface area contributed by atoms with Crippen LogP contribution in [-0.4, -0.2) is 30.5 Å². The van der Waals surface area contributed by atoms with E-state index in [1.807, 2.05) is 24.3 Å². The van der Waals surface area contributed by atoms with Gasteiger partial charge in [0.25, 0.3) is 5.91 Å².